The number of hydrogen-bond donors (Lipinski definition) is 2. The van der Waals surface area contributed by atoms with E-state index in [0.29, 0.717) is 22.7 Å². The molecule has 170 valence electrons. The zero-order valence-electron chi connectivity index (χ0n) is 18.6. The molecule has 3 heterocycles. The van der Waals surface area contributed by atoms with Crippen LogP contribution in [0, 0.1) is 5.82 Å². The maximum absolute atomic E-state index is 13.7. The van der Waals surface area contributed by atoms with Crippen LogP contribution in [0.25, 0.3) is 28.0 Å². The van der Waals surface area contributed by atoms with Gasteiger partial charge in [0.05, 0.1) is 16.8 Å². The Morgan fingerprint density at radius 1 is 1.09 bits per heavy atom. The molecule has 6 nitrogen and oxygen atoms in total. The van der Waals surface area contributed by atoms with Gasteiger partial charge in [-0.3, -0.25) is 0 Å². The normalized spacial score (nSPS) is 14.3. The molecule has 1 aliphatic carbocycles. The highest BCUT2D eigenvalue weighted by Crippen LogP contribution is 2.37. The Balaban J connectivity index is 1.70. The number of rotatable bonds is 6. The van der Waals surface area contributed by atoms with Crippen molar-refractivity contribution in [2.45, 2.75) is 51.6 Å². The molecule has 0 unspecified atom stereocenters. The number of hydrogen-bond acceptors (Lipinski definition) is 5. The van der Waals surface area contributed by atoms with Crippen molar-refractivity contribution in [2.75, 3.05) is 10.6 Å². The van der Waals surface area contributed by atoms with Crippen molar-refractivity contribution in [2.24, 2.45) is 0 Å². The second-order valence-electron chi connectivity index (χ2n) is 8.78. The van der Waals surface area contributed by atoms with Gasteiger partial charge in [0.1, 0.15) is 17.3 Å². The minimum Gasteiger partial charge on any atom is -0.368 e. The number of nitrogens with one attached hydrogen (secondary N) is 2. The molecule has 0 bridgehead atoms. The zero-order valence-corrected chi connectivity index (χ0v) is 19.4. The first-order valence-electron chi connectivity index (χ1n) is 11.3. The van der Waals surface area contributed by atoms with E-state index in [9.17, 15) is 4.39 Å². The third-order valence-electron chi connectivity index (χ3n) is 5.85. The van der Waals surface area contributed by atoms with Crippen LogP contribution in [0.1, 0.15) is 39.5 Å². The number of aromatic nitrogens is 4. The average Bonchev–Trinajstić information content (AvgIpc) is 3.42. The summed E-state index contributed by atoms with van der Waals surface area (Å²) in [5, 5.41) is 12.4. The molecular weight excluding hydrogens is 439 g/mol. The number of nitrogens with zero attached hydrogens (tertiary/aromatic N) is 4. The van der Waals surface area contributed by atoms with Crippen molar-refractivity contribution in [3.8, 4) is 22.5 Å². The van der Waals surface area contributed by atoms with Crippen LogP contribution in [-0.4, -0.2) is 31.7 Å². The highest BCUT2D eigenvalue weighted by atomic mass is 35.5. The van der Waals surface area contributed by atoms with Gasteiger partial charge in [-0.1, -0.05) is 24.4 Å². The molecule has 1 saturated carbocycles. The lowest BCUT2D eigenvalue weighted by Crippen LogP contribution is -2.16. The van der Waals surface area contributed by atoms with Crippen molar-refractivity contribution in [3.63, 3.8) is 0 Å². The number of anilines is 2. The van der Waals surface area contributed by atoms with E-state index in [1.807, 2.05) is 22.7 Å². The van der Waals surface area contributed by atoms with Crippen molar-refractivity contribution in [1.82, 2.24) is 19.6 Å². The maximum atomic E-state index is 13.7. The lowest BCUT2D eigenvalue weighted by atomic mass is 10.0. The van der Waals surface area contributed by atoms with Crippen LogP contribution in [0.5, 0.6) is 0 Å². The van der Waals surface area contributed by atoms with Crippen LogP contribution in [0.4, 0.5) is 16.2 Å². The number of halogens is 2. The van der Waals surface area contributed by atoms with E-state index >= 15 is 0 Å². The van der Waals surface area contributed by atoms with E-state index in [1.54, 1.807) is 18.3 Å². The quantitative estimate of drug-likeness (QED) is 0.344. The summed E-state index contributed by atoms with van der Waals surface area (Å²) < 4.78 is 15.5. The molecule has 3 aromatic heterocycles. The summed E-state index contributed by atoms with van der Waals surface area (Å²) >= 11 is 6.51. The molecule has 1 aromatic carbocycles. The number of fused-ring (bicyclic) bond motifs is 1. The fourth-order valence-electron chi connectivity index (χ4n) is 4.39. The van der Waals surface area contributed by atoms with Gasteiger partial charge < -0.3 is 10.6 Å². The van der Waals surface area contributed by atoms with Crippen LogP contribution in [0.15, 0.2) is 48.7 Å². The molecule has 0 saturated heterocycles. The first-order chi connectivity index (χ1) is 16.0. The van der Waals surface area contributed by atoms with Gasteiger partial charge in [0, 0.05) is 28.9 Å². The topological polar surface area (TPSA) is 67.1 Å². The first kappa shape index (κ1) is 21.6. The Kier molecular flexibility index (Phi) is 5.89. The second kappa shape index (κ2) is 8.98. The van der Waals surface area contributed by atoms with E-state index in [4.69, 9.17) is 21.7 Å². The standard InChI is InChI=1S/C25H26ClFN6/c1-15(2)29-22-14-17(26)13-21-23(24(32-33(21)22)16-7-9-18(27)10-8-16)20-11-12-28-25(31-20)30-19-5-3-4-6-19/h7-15,19,29H,3-6H2,1-2H3,(H,28,30,31). The predicted molar refractivity (Wildman–Crippen MR) is 131 cm³/mol. The second-order valence-corrected chi connectivity index (χ2v) is 9.21. The van der Waals surface area contributed by atoms with Crippen LogP contribution >= 0.6 is 11.6 Å². The van der Waals surface area contributed by atoms with Crippen molar-refractivity contribution < 1.29 is 4.39 Å². The summed E-state index contributed by atoms with van der Waals surface area (Å²) in [5.41, 5.74) is 3.88. The monoisotopic (exact) mass is 464 g/mol. The van der Waals surface area contributed by atoms with Gasteiger partial charge >= 0.3 is 0 Å². The lowest BCUT2D eigenvalue weighted by Gasteiger charge is -2.13. The van der Waals surface area contributed by atoms with Crippen LogP contribution < -0.4 is 10.6 Å². The molecule has 8 heteroatoms. The van der Waals surface area contributed by atoms with Crippen LogP contribution in [0.3, 0.4) is 0 Å². The van der Waals surface area contributed by atoms with Gasteiger partial charge in [0.25, 0.3) is 0 Å². The number of benzene rings is 1. The molecule has 0 spiro atoms. The van der Waals surface area contributed by atoms with E-state index in [1.165, 1.54) is 25.0 Å². The lowest BCUT2D eigenvalue weighted by molar-refractivity contribution is 0.628. The highest BCUT2D eigenvalue weighted by Gasteiger charge is 2.22. The highest BCUT2D eigenvalue weighted by molar-refractivity contribution is 6.31. The third kappa shape index (κ3) is 4.50. The van der Waals surface area contributed by atoms with Crippen LogP contribution in [-0.2, 0) is 0 Å². The van der Waals surface area contributed by atoms with Gasteiger partial charge in [-0.2, -0.15) is 5.10 Å². The molecule has 5 rings (SSSR count). The van der Waals surface area contributed by atoms with Gasteiger partial charge in [-0.15, -0.1) is 0 Å². The van der Waals surface area contributed by atoms with E-state index in [0.717, 1.165) is 41.0 Å². The molecule has 0 amide bonds. The molecule has 1 aliphatic rings. The van der Waals surface area contributed by atoms with Gasteiger partial charge in [-0.05, 0) is 69.2 Å². The number of pyridine rings is 1. The fourth-order valence-corrected chi connectivity index (χ4v) is 4.60. The van der Waals surface area contributed by atoms with Gasteiger partial charge in [0.2, 0.25) is 5.95 Å². The Morgan fingerprint density at radius 3 is 2.58 bits per heavy atom. The Hall–Kier alpha value is -3.19. The average molecular weight is 465 g/mol. The molecule has 2 N–H and O–H groups in total. The smallest absolute Gasteiger partial charge is 0.223 e. The Labute approximate surface area is 197 Å². The molecular formula is C25H26ClFN6. The first-order valence-corrected chi connectivity index (χ1v) is 11.7. The Bertz CT molecular complexity index is 1280. The summed E-state index contributed by atoms with van der Waals surface area (Å²) in [4.78, 5) is 9.28. The minimum absolute atomic E-state index is 0.190. The van der Waals surface area contributed by atoms with E-state index in [-0.39, 0.29) is 11.9 Å². The summed E-state index contributed by atoms with van der Waals surface area (Å²) in [5.74, 6) is 1.09. The van der Waals surface area contributed by atoms with Crippen molar-refractivity contribution >= 4 is 28.9 Å². The van der Waals surface area contributed by atoms with Crippen LogP contribution in [0.2, 0.25) is 5.02 Å². The summed E-state index contributed by atoms with van der Waals surface area (Å²) in [7, 11) is 0. The maximum Gasteiger partial charge on any atom is 0.223 e. The largest absolute Gasteiger partial charge is 0.368 e. The molecule has 0 aliphatic heterocycles. The molecule has 1 fully saturated rings. The summed E-state index contributed by atoms with van der Waals surface area (Å²) in [6, 6.07) is 12.5. The predicted octanol–water partition coefficient (Wildman–Crippen LogP) is 6.43. The SMILES string of the molecule is CC(C)Nc1cc(Cl)cc2c(-c3ccnc(NC4CCCC4)n3)c(-c3ccc(F)cc3)nn12. The Morgan fingerprint density at radius 2 is 1.85 bits per heavy atom. The molecule has 33 heavy (non-hydrogen) atoms. The van der Waals surface area contributed by atoms with Gasteiger partial charge in [-0.25, -0.2) is 18.9 Å². The molecule has 4 aromatic rings. The fraction of sp³-hybridized carbons (Fsp3) is 0.320. The zero-order chi connectivity index (χ0) is 22.9. The summed E-state index contributed by atoms with van der Waals surface area (Å²) in [6.45, 7) is 4.12. The molecule has 0 radical (unpaired) electrons. The third-order valence-corrected chi connectivity index (χ3v) is 6.07. The van der Waals surface area contributed by atoms with Crippen molar-refractivity contribution in [1.29, 1.82) is 0 Å². The van der Waals surface area contributed by atoms with Crippen molar-refractivity contribution in [3.05, 3.63) is 59.5 Å². The van der Waals surface area contributed by atoms with E-state index < -0.39 is 0 Å². The summed E-state index contributed by atoms with van der Waals surface area (Å²) in [6.07, 6.45) is 6.47. The van der Waals surface area contributed by atoms with Gasteiger partial charge in [0.15, 0.2) is 0 Å². The minimum atomic E-state index is -0.292. The molecule has 0 atom stereocenters. The van der Waals surface area contributed by atoms with E-state index in [2.05, 4.69) is 29.5 Å².